The highest BCUT2D eigenvalue weighted by Gasteiger charge is 2.33. The number of allylic oxidation sites excluding steroid dienone is 5. The second kappa shape index (κ2) is 14.2. The topological polar surface area (TPSA) is 55.5 Å². The molecule has 1 aliphatic carbocycles. The first-order valence-electron chi connectivity index (χ1n) is 14.3. The monoisotopic (exact) mass is 495 g/mol. The third-order valence-corrected chi connectivity index (χ3v) is 8.10. The van der Waals surface area contributed by atoms with Crippen LogP contribution in [0.4, 0.5) is 0 Å². The third kappa shape index (κ3) is 8.08. The molecule has 36 heavy (non-hydrogen) atoms. The van der Waals surface area contributed by atoms with Crippen molar-refractivity contribution in [2.45, 2.75) is 118 Å². The van der Waals surface area contributed by atoms with E-state index < -0.39 is 0 Å². The Kier molecular flexibility index (Phi) is 12.0. The molecule has 3 heteroatoms. The van der Waals surface area contributed by atoms with Gasteiger partial charge < -0.3 is 15.6 Å². The summed E-state index contributed by atoms with van der Waals surface area (Å²) in [5.74, 6) is 1.03. The predicted octanol–water partition coefficient (Wildman–Crippen LogP) is 8.09. The van der Waals surface area contributed by atoms with Crippen LogP contribution in [0.5, 0.6) is 0 Å². The van der Waals surface area contributed by atoms with Gasteiger partial charge in [0, 0.05) is 5.41 Å². The van der Waals surface area contributed by atoms with E-state index in [1.54, 1.807) is 0 Å². The summed E-state index contributed by atoms with van der Waals surface area (Å²) in [6.07, 6.45) is 16.0. The van der Waals surface area contributed by atoms with Crippen molar-refractivity contribution >= 4 is 0 Å². The summed E-state index contributed by atoms with van der Waals surface area (Å²) in [7, 11) is 0. The molecule has 2 rings (SSSR count). The number of unbranched alkanes of at least 4 members (excludes halogenated alkanes) is 3. The molecule has 0 spiro atoms. The van der Waals surface area contributed by atoms with Crippen LogP contribution in [-0.2, 0) is 16.6 Å². The maximum Gasteiger partial charge on any atom is 0.118 e. The molecule has 0 radical (unpaired) electrons. The van der Waals surface area contributed by atoms with Crippen molar-refractivity contribution in [2.24, 2.45) is 11.1 Å². The van der Waals surface area contributed by atoms with Crippen LogP contribution in [-0.4, -0.2) is 24.4 Å². The van der Waals surface area contributed by atoms with Gasteiger partial charge in [-0.1, -0.05) is 77.8 Å². The lowest BCUT2D eigenvalue weighted by molar-refractivity contribution is 0.0560. The predicted molar refractivity (Wildman–Crippen MR) is 155 cm³/mol. The Bertz CT molecular complexity index is 912. The highest BCUT2D eigenvalue weighted by Crippen LogP contribution is 2.42. The SMILES string of the molecule is CCC(CC)(C1=CCC=C(OCCCCCCN)C(C)=C1)c1ccc(CCC(O)C(C)(C)C)c(C)c1. The number of aliphatic hydroxyl groups is 1. The molecule has 0 bridgehead atoms. The normalized spacial score (nSPS) is 15.6. The summed E-state index contributed by atoms with van der Waals surface area (Å²) in [5, 5.41) is 10.5. The fourth-order valence-corrected chi connectivity index (χ4v) is 5.34. The number of hydrogen-bond donors (Lipinski definition) is 2. The maximum absolute atomic E-state index is 10.5. The van der Waals surface area contributed by atoms with Crippen molar-refractivity contribution in [3.63, 3.8) is 0 Å². The lowest BCUT2D eigenvalue weighted by atomic mass is 9.69. The first-order chi connectivity index (χ1) is 17.1. The number of aliphatic hydroxyl groups excluding tert-OH is 1. The second-order valence-electron chi connectivity index (χ2n) is 11.7. The molecule has 0 saturated carbocycles. The van der Waals surface area contributed by atoms with Gasteiger partial charge in [-0.15, -0.1) is 0 Å². The van der Waals surface area contributed by atoms with E-state index in [2.05, 4.69) is 84.9 Å². The zero-order valence-corrected chi connectivity index (χ0v) is 24.3. The van der Waals surface area contributed by atoms with Crippen molar-refractivity contribution < 1.29 is 9.84 Å². The Morgan fingerprint density at radius 3 is 2.31 bits per heavy atom. The molecule has 0 aliphatic heterocycles. The molecule has 1 aromatic rings. The molecule has 1 unspecified atom stereocenters. The van der Waals surface area contributed by atoms with Gasteiger partial charge in [-0.25, -0.2) is 0 Å². The van der Waals surface area contributed by atoms with Crippen LogP contribution in [0.15, 0.2) is 53.3 Å². The Morgan fingerprint density at radius 1 is 1.00 bits per heavy atom. The minimum Gasteiger partial charge on any atom is -0.494 e. The van der Waals surface area contributed by atoms with E-state index in [1.165, 1.54) is 40.7 Å². The van der Waals surface area contributed by atoms with Gasteiger partial charge in [-0.2, -0.15) is 0 Å². The van der Waals surface area contributed by atoms with Crippen molar-refractivity contribution in [3.05, 3.63) is 70.0 Å². The largest absolute Gasteiger partial charge is 0.494 e. The molecule has 0 aromatic heterocycles. The molecule has 1 aliphatic rings. The van der Waals surface area contributed by atoms with Crippen molar-refractivity contribution in [2.75, 3.05) is 13.2 Å². The van der Waals surface area contributed by atoms with E-state index in [1.807, 2.05) is 0 Å². The van der Waals surface area contributed by atoms with Gasteiger partial charge in [0.25, 0.3) is 0 Å². The Labute approximate surface area is 221 Å². The maximum atomic E-state index is 10.5. The number of ether oxygens (including phenoxy) is 1. The van der Waals surface area contributed by atoms with Crippen molar-refractivity contribution in [1.29, 1.82) is 0 Å². The van der Waals surface area contributed by atoms with Crippen LogP contribution in [0.1, 0.15) is 110 Å². The standard InChI is InChI=1S/C33H53NO2/c1-8-33(9-2,29-19-17-27(25(3)23-29)18-20-31(35)32(5,6)7)28-15-14-16-30(26(4)24-28)36-22-13-11-10-12-21-34/h15-17,19,23-24,31,35H,8-14,18,20-22,34H2,1-7H3. The van der Waals surface area contributed by atoms with E-state index in [4.69, 9.17) is 10.5 Å². The lowest BCUT2D eigenvalue weighted by Gasteiger charge is -2.35. The van der Waals surface area contributed by atoms with Crippen LogP contribution < -0.4 is 5.73 Å². The number of nitrogens with two attached hydrogens (primary N) is 1. The smallest absolute Gasteiger partial charge is 0.118 e. The molecule has 0 amide bonds. The quantitative estimate of drug-likeness (QED) is 0.256. The first-order valence-corrected chi connectivity index (χ1v) is 14.3. The average Bonchev–Trinajstić information content (AvgIpc) is 3.02. The third-order valence-electron chi connectivity index (χ3n) is 8.10. The first kappa shape index (κ1) is 30.4. The molecular formula is C33H53NO2. The van der Waals surface area contributed by atoms with Gasteiger partial charge >= 0.3 is 0 Å². The fourth-order valence-electron chi connectivity index (χ4n) is 5.34. The molecule has 0 saturated heterocycles. The van der Waals surface area contributed by atoms with Crippen LogP contribution in [0.2, 0.25) is 0 Å². The zero-order valence-electron chi connectivity index (χ0n) is 24.3. The minimum atomic E-state index is -0.291. The van der Waals surface area contributed by atoms with Gasteiger partial charge in [-0.05, 0) is 105 Å². The summed E-state index contributed by atoms with van der Waals surface area (Å²) < 4.78 is 6.20. The van der Waals surface area contributed by atoms with Gasteiger partial charge in [0.05, 0.1) is 12.7 Å². The van der Waals surface area contributed by atoms with Crippen molar-refractivity contribution in [1.82, 2.24) is 0 Å². The van der Waals surface area contributed by atoms with E-state index in [0.29, 0.717) is 0 Å². The average molecular weight is 496 g/mol. The van der Waals surface area contributed by atoms with Crippen LogP contribution >= 0.6 is 0 Å². The van der Waals surface area contributed by atoms with Crippen LogP contribution in [0.25, 0.3) is 0 Å². The number of benzene rings is 1. The van der Waals surface area contributed by atoms with Gasteiger partial charge in [0.2, 0.25) is 0 Å². The highest BCUT2D eigenvalue weighted by molar-refractivity contribution is 5.48. The molecule has 0 fully saturated rings. The fraction of sp³-hybridized carbons (Fsp3) is 0.636. The van der Waals surface area contributed by atoms with Crippen LogP contribution in [0.3, 0.4) is 0 Å². The van der Waals surface area contributed by atoms with Crippen LogP contribution in [0, 0.1) is 12.3 Å². The van der Waals surface area contributed by atoms with Gasteiger partial charge in [0.1, 0.15) is 5.76 Å². The van der Waals surface area contributed by atoms with Gasteiger partial charge in [0.15, 0.2) is 0 Å². The summed E-state index contributed by atoms with van der Waals surface area (Å²) in [6.45, 7) is 16.9. The molecule has 1 aromatic carbocycles. The molecule has 3 nitrogen and oxygen atoms in total. The van der Waals surface area contributed by atoms with Crippen molar-refractivity contribution in [3.8, 4) is 0 Å². The summed E-state index contributed by atoms with van der Waals surface area (Å²) in [4.78, 5) is 0. The van der Waals surface area contributed by atoms with E-state index in [0.717, 1.165) is 63.9 Å². The number of aryl methyl sites for hydroxylation is 2. The van der Waals surface area contributed by atoms with E-state index in [-0.39, 0.29) is 16.9 Å². The highest BCUT2D eigenvalue weighted by atomic mass is 16.5. The number of rotatable bonds is 14. The molecule has 1 atom stereocenters. The molecule has 3 N–H and O–H groups in total. The number of hydrogen-bond acceptors (Lipinski definition) is 3. The van der Waals surface area contributed by atoms with Gasteiger partial charge in [-0.3, -0.25) is 0 Å². The summed E-state index contributed by atoms with van der Waals surface area (Å²) >= 11 is 0. The Morgan fingerprint density at radius 2 is 1.69 bits per heavy atom. The van der Waals surface area contributed by atoms with E-state index >= 15 is 0 Å². The summed E-state index contributed by atoms with van der Waals surface area (Å²) in [6, 6.07) is 7.03. The minimum absolute atomic E-state index is 0.0129. The Hall–Kier alpha value is -1.84. The van der Waals surface area contributed by atoms with E-state index in [9.17, 15) is 5.11 Å². The Balaban J connectivity index is 2.18. The molecular weight excluding hydrogens is 442 g/mol. The molecule has 0 heterocycles. The lowest BCUT2D eigenvalue weighted by Crippen LogP contribution is -2.27. The summed E-state index contributed by atoms with van der Waals surface area (Å²) in [5.41, 5.74) is 12.2. The second-order valence-corrected chi connectivity index (χ2v) is 11.7. The molecule has 202 valence electrons. The zero-order chi connectivity index (χ0) is 26.8.